The molecule has 0 unspecified atom stereocenters. The van der Waals surface area contributed by atoms with Crippen LogP contribution < -0.4 is 4.74 Å². The molecule has 0 amide bonds. The lowest BCUT2D eigenvalue weighted by Crippen LogP contribution is -2.74. The molecule has 1 spiro atoms. The topological polar surface area (TPSA) is 195 Å². The van der Waals surface area contributed by atoms with Crippen LogP contribution in [-0.4, -0.2) is 93.6 Å². The number of phenolic OH excluding ortho intramolecular Hbond substituents is 1. The molecule has 2 aromatic rings. The summed E-state index contributed by atoms with van der Waals surface area (Å²) in [6.45, 7) is 2.44. The second kappa shape index (κ2) is 11.7. The molecule has 0 saturated carbocycles. The Labute approximate surface area is 268 Å². The molecule has 3 N–H and O–H groups in total. The number of ether oxygens (including phenoxy) is 5. The average Bonchev–Trinajstić information content (AvgIpc) is 3.38. The molecule has 4 aliphatic rings. The van der Waals surface area contributed by atoms with Crippen molar-refractivity contribution in [1.82, 2.24) is 4.90 Å². The third-order valence-corrected chi connectivity index (χ3v) is 9.46. The molecule has 2 aliphatic heterocycles. The Morgan fingerprint density at radius 2 is 1.62 bits per heavy atom. The molecule has 2 heterocycles. The van der Waals surface area contributed by atoms with E-state index in [2.05, 4.69) is 4.90 Å². The molecule has 1 fully saturated rings. The first-order valence-electron chi connectivity index (χ1n) is 15.0. The second-order valence-corrected chi connectivity index (χ2v) is 12.1. The first kappa shape index (κ1) is 32.0. The van der Waals surface area contributed by atoms with Crippen LogP contribution in [0.25, 0.3) is 0 Å². The number of aliphatic carboxylic acids is 1. The molecule has 2 aliphatic carbocycles. The number of piperidine rings is 1. The number of carboxylic acid groups (broad SMARTS) is 1. The van der Waals surface area contributed by atoms with Crippen LogP contribution in [0.15, 0.2) is 54.3 Å². The number of hydrogen-bond acceptors (Lipinski definition) is 13. The van der Waals surface area contributed by atoms with Gasteiger partial charge >= 0.3 is 29.8 Å². The van der Waals surface area contributed by atoms with Crippen LogP contribution in [-0.2, 0) is 54.8 Å². The predicted molar refractivity (Wildman–Crippen MR) is 157 cm³/mol. The van der Waals surface area contributed by atoms with E-state index >= 15 is 0 Å². The molecule has 47 heavy (non-hydrogen) atoms. The Morgan fingerprint density at radius 3 is 2.26 bits per heavy atom. The van der Waals surface area contributed by atoms with Crippen LogP contribution in [0.3, 0.4) is 0 Å². The van der Waals surface area contributed by atoms with Gasteiger partial charge in [-0.1, -0.05) is 36.4 Å². The molecule has 2 aromatic carbocycles. The summed E-state index contributed by atoms with van der Waals surface area (Å²) < 4.78 is 27.4. The summed E-state index contributed by atoms with van der Waals surface area (Å²) in [6.07, 6.45) is -5.06. The van der Waals surface area contributed by atoms with Gasteiger partial charge in [0.2, 0.25) is 18.3 Å². The Hall–Kier alpha value is -4.95. The van der Waals surface area contributed by atoms with Crippen molar-refractivity contribution < 1.29 is 63.0 Å². The number of nitrogens with zero attached hydrogens (tertiary/aromatic N) is 1. The minimum absolute atomic E-state index is 0.0318. The first-order chi connectivity index (χ1) is 22.3. The summed E-state index contributed by atoms with van der Waals surface area (Å²) in [5.74, 6) is -6.59. The van der Waals surface area contributed by atoms with Crippen molar-refractivity contribution in [2.75, 3.05) is 13.6 Å². The molecular weight excluding hydrogens is 618 g/mol. The predicted octanol–water partition coefficient (Wildman–Crippen LogP) is 1.45. The van der Waals surface area contributed by atoms with Crippen LogP contribution in [0.4, 0.5) is 0 Å². The maximum Gasteiger partial charge on any atom is 0.357 e. The Bertz CT molecular complexity index is 1690. The number of likely N-dealkylation sites (N-methyl/N-ethyl adjacent to an activating group) is 1. The van der Waals surface area contributed by atoms with Crippen molar-refractivity contribution in [2.45, 2.75) is 74.6 Å². The monoisotopic (exact) mass is 651 g/mol. The lowest BCUT2D eigenvalue weighted by molar-refractivity contribution is -0.195. The number of aromatic hydroxyl groups is 1. The number of likely N-dealkylation sites (tertiary alicyclic amines) is 1. The summed E-state index contributed by atoms with van der Waals surface area (Å²) in [7, 11) is 1.91. The lowest BCUT2D eigenvalue weighted by Gasteiger charge is -2.61. The van der Waals surface area contributed by atoms with Gasteiger partial charge in [-0.15, -0.1) is 0 Å². The fourth-order valence-electron chi connectivity index (χ4n) is 7.51. The molecule has 0 aromatic heterocycles. The Balaban J connectivity index is 1.34. The highest BCUT2D eigenvalue weighted by atomic mass is 16.6. The highest BCUT2D eigenvalue weighted by molar-refractivity contribution is 5.90. The number of carboxylic acids is 1. The molecule has 248 valence electrons. The van der Waals surface area contributed by atoms with Gasteiger partial charge in [-0.25, -0.2) is 14.4 Å². The molecule has 14 heteroatoms. The van der Waals surface area contributed by atoms with Gasteiger partial charge in [0.25, 0.3) is 0 Å². The summed E-state index contributed by atoms with van der Waals surface area (Å²) in [4.78, 5) is 65.5. The number of carbonyl (C=O) groups is 5. The number of rotatable bonds is 9. The van der Waals surface area contributed by atoms with Crippen LogP contribution >= 0.6 is 0 Å². The minimum atomic E-state index is -2.26. The van der Waals surface area contributed by atoms with Gasteiger partial charge in [0.15, 0.2) is 17.6 Å². The molecule has 14 nitrogen and oxygen atoms in total. The average molecular weight is 652 g/mol. The highest BCUT2D eigenvalue weighted by Crippen LogP contribution is 2.65. The zero-order valence-electron chi connectivity index (χ0n) is 25.7. The van der Waals surface area contributed by atoms with Crippen molar-refractivity contribution in [3.8, 4) is 11.5 Å². The van der Waals surface area contributed by atoms with E-state index in [1.54, 1.807) is 12.1 Å². The minimum Gasteiger partial charge on any atom is -0.504 e. The number of hydrogen-bond donors (Lipinski definition) is 3. The first-order valence-corrected chi connectivity index (χ1v) is 15.0. The molecule has 6 rings (SSSR count). The highest BCUT2D eigenvalue weighted by Gasteiger charge is 2.72. The normalized spacial score (nSPS) is 27.1. The van der Waals surface area contributed by atoms with Crippen LogP contribution in [0.2, 0.25) is 0 Å². The van der Waals surface area contributed by atoms with Gasteiger partial charge in [-0.05, 0) is 44.1 Å². The van der Waals surface area contributed by atoms with E-state index in [1.807, 2.05) is 7.05 Å². The van der Waals surface area contributed by atoms with E-state index < -0.39 is 65.3 Å². The van der Waals surface area contributed by atoms with Crippen LogP contribution in [0, 0.1) is 0 Å². The molecule has 7 atom stereocenters. The summed E-state index contributed by atoms with van der Waals surface area (Å²) >= 11 is 0. The largest absolute Gasteiger partial charge is 0.504 e. The van der Waals surface area contributed by atoms with E-state index in [0.717, 1.165) is 19.4 Å². The maximum absolute atomic E-state index is 13.8. The number of aliphatic hydroxyl groups is 1. The van der Waals surface area contributed by atoms with E-state index in [1.165, 1.54) is 36.4 Å². The zero-order chi connectivity index (χ0) is 33.8. The van der Waals surface area contributed by atoms with Crippen LogP contribution in [0.1, 0.15) is 49.5 Å². The zero-order valence-corrected chi connectivity index (χ0v) is 25.7. The second-order valence-electron chi connectivity index (χ2n) is 12.1. The summed E-state index contributed by atoms with van der Waals surface area (Å²) in [6, 6.07) is 10.4. The number of esters is 4. The van der Waals surface area contributed by atoms with Crippen molar-refractivity contribution in [1.29, 1.82) is 0 Å². The van der Waals surface area contributed by atoms with E-state index in [9.17, 15) is 39.3 Å². The van der Waals surface area contributed by atoms with Crippen LogP contribution in [0.5, 0.6) is 11.5 Å². The third-order valence-electron chi connectivity index (χ3n) is 9.46. The van der Waals surface area contributed by atoms with Crippen molar-refractivity contribution in [3.05, 3.63) is 71.0 Å². The Morgan fingerprint density at radius 1 is 0.957 bits per heavy atom. The number of phenols is 1. The standard InChI is InChI=1S/C33H33NO13/c1-16(35)43-26(27(44-17(2)36)31(41)47-24(29(38)39)18-7-5-4-6-8-18)30(40)45-21-11-12-33(42)22-15-19-9-10-20(37)25-23(19)32(33,28(21)46-25)13-14-34(22)3/h4-11,22,24,26-28,37,42H,12-15H2,1-3H3,(H,38,39)/t22-,24-,26-,27-,28+,32+,33-/m1/s1. The van der Waals surface area contributed by atoms with E-state index in [0.29, 0.717) is 24.9 Å². The molecule has 0 radical (unpaired) electrons. The van der Waals surface area contributed by atoms with Gasteiger partial charge < -0.3 is 43.9 Å². The SMILES string of the molecule is CC(=O)O[C@@H](C(=O)OC1=CC[C@@]2(O)[C@H]3Cc4ccc(O)c5c4[C@@]2(CCN3C)[C@H]1O5)[C@@H](OC(C)=O)C(=O)O[C@@H](C(=O)O)c1ccccc1. The van der Waals surface area contributed by atoms with Crippen molar-refractivity contribution >= 4 is 29.8 Å². The fraction of sp³-hybridized carbons (Fsp3) is 0.424. The smallest absolute Gasteiger partial charge is 0.357 e. The lowest BCUT2D eigenvalue weighted by atomic mass is 9.50. The maximum atomic E-state index is 13.8. The molecular formula is C33H33NO13. The number of carbonyl (C=O) groups excluding carboxylic acids is 4. The molecule has 2 bridgehead atoms. The quantitative estimate of drug-likeness (QED) is 0.260. The Kier molecular flexibility index (Phi) is 7.96. The van der Waals surface area contributed by atoms with E-state index in [4.69, 9.17) is 23.7 Å². The van der Waals surface area contributed by atoms with Gasteiger partial charge in [-0.2, -0.15) is 0 Å². The van der Waals surface area contributed by atoms with Crippen molar-refractivity contribution in [2.24, 2.45) is 0 Å². The van der Waals surface area contributed by atoms with Gasteiger partial charge in [0.1, 0.15) is 5.76 Å². The third kappa shape index (κ3) is 5.08. The fourth-order valence-corrected chi connectivity index (χ4v) is 7.51. The number of benzene rings is 2. The van der Waals surface area contributed by atoms with Crippen molar-refractivity contribution in [3.63, 3.8) is 0 Å². The van der Waals surface area contributed by atoms with Gasteiger partial charge in [-0.3, -0.25) is 9.59 Å². The van der Waals surface area contributed by atoms with E-state index in [-0.39, 0.29) is 35.3 Å². The summed E-state index contributed by atoms with van der Waals surface area (Å²) in [5, 5.41) is 32.8. The molecule has 1 saturated heterocycles. The van der Waals surface area contributed by atoms with Gasteiger partial charge in [0, 0.05) is 37.4 Å². The summed E-state index contributed by atoms with van der Waals surface area (Å²) in [5.41, 5.74) is -0.906. The van der Waals surface area contributed by atoms with Gasteiger partial charge in [0.05, 0.1) is 11.0 Å².